The molecule has 150 valence electrons. The number of carbonyl (C=O) groups is 2. The second-order valence-electron chi connectivity index (χ2n) is 6.47. The summed E-state index contributed by atoms with van der Waals surface area (Å²) in [4.78, 5) is 23.5. The van der Waals surface area contributed by atoms with Crippen LogP contribution in [0.4, 0.5) is 0 Å². The molecule has 1 aromatic heterocycles. The number of sulfonamides is 1. The van der Waals surface area contributed by atoms with Crippen molar-refractivity contribution in [3.05, 3.63) is 52.7 Å². The van der Waals surface area contributed by atoms with Crippen LogP contribution in [0.15, 0.2) is 45.9 Å². The van der Waals surface area contributed by atoms with Crippen LogP contribution in [0.25, 0.3) is 0 Å². The van der Waals surface area contributed by atoms with E-state index in [9.17, 15) is 18.0 Å². The quantitative estimate of drug-likeness (QED) is 0.729. The number of rotatable bonds is 6. The fraction of sp³-hybridized carbons (Fsp3) is 0.333. The number of nitrogens with two attached hydrogens (primary N) is 1. The zero-order valence-electron chi connectivity index (χ0n) is 14.9. The van der Waals surface area contributed by atoms with Gasteiger partial charge < -0.3 is 15.5 Å². The second kappa shape index (κ2) is 8.34. The first-order chi connectivity index (χ1) is 13.3. The summed E-state index contributed by atoms with van der Waals surface area (Å²) in [5.74, 6) is -1.41. The van der Waals surface area contributed by atoms with Crippen molar-refractivity contribution in [3.63, 3.8) is 0 Å². The van der Waals surface area contributed by atoms with Crippen molar-refractivity contribution < 1.29 is 22.4 Å². The summed E-state index contributed by atoms with van der Waals surface area (Å²) in [6, 6.07) is 9.62. The average molecular weight is 426 g/mol. The molecule has 10 heteroatoms. The van der Waals surface area contributed by atoms with Crippen LogP contribution in [0.5, 0.6) is 0 Å². The maximum Gasteiger partial charge on any atom is 0.287 e. The van der Waals surface area contributed by atoms with Crippen LogP contribution in [-0.2, 0) is 21.4 Å². The third-order valence-corrected chi connectivity index (χ3v) is 6.79. The monoisotopic (exact) mass is 425 g/mol. The number of furan rings is 1. The molecule has 0 unspecified atom stereocenters. The van der Waals surface area contributed by atoms with E-state index in [4.69, 9.17) is 21.8 Å². The van der Waals surface area contributed by atoms with Gasteiger partial charge in [0.05, 0.1) is 0 Å². The number of benzene rings is 1. The Morgan fingerprint density at radius 1 is 1.18 bits per heavy atom. The third-order valence-electron chi connectivity index (χ3n) is 4.65. The normalized spacial score (nSPS) is 16.0. The van der Waals surface area contributed by atoms with Gasteiger partial charge in [0.25, 0.3) is 15.9 Å². The molecular formula is C18H20ClN3O5S. The standard InChI is InChI=1S/C18H20ClN3O5S/c19-14-4-2-1-3-13(14)11-21-18(24)15-5-6-16(27-15)28(25,26)22-9-7-12(8-10-22)17(20)23/h1-6,12H,7-11H2,(H2,20,23)(H,21,24). The highest BCUT2D eigenvalue weighted by Crippen LogP contribution is 2.25. The predicted molar refractivity (Wildman–Crippen MR) is 102 cm³/mol. The van der Waals surface area contributed by atoms with Crippen LogP contribution in [0.2, 0.25) is 5.02 Å². The number of primary amides is 1. The lowest BCUT2D eigenvalue weighted by atomic mass is 9.98. The number of hydrogen-bond donors (Lipinski definition) is 2. The number of halogens is 1. The smallest absolute Gasteiger partial charge is 0.287 e. The van der Waals surface area contributed by atoms with E-state index in [0.717, 1.165) is 5.56 Å². The summed E-state index contributed by atoms with van der Waals surface area (Å²) in [5, 5.41) is 2.85. The highest BCUT2D eigenvalue weighted by atomic mass is 35.5. The molecule has 0 spiro atoms. The van der Waals surface area contributed by atoms with Crippen molar-refractivity contribution in [2.24, 2.45) is 11.7 Å². The highest BCUT2D eigenvalue weighted by molar-refractivity contribution is 7.89. The Bertz CT molecular complexity index is 981. The maximum atomic E-state index is 12.7. The summed E-state index contributed by atoms with van der Waals surface area (Å²) < 4.78 is 31.9. The molecule has 1 fully saturated rings. The molecule has 0 aliphatic carbocycles. The minimum Gasteiger partial charge on any atom is -0.438 e. The zero-order chi connectivity index (χ0) is 20.3. The first-order valence-electron chi connectivity index (χ1n) is 8.70. The van der Waals surface area contributed by atoms with Gasteiger partial charge >= 0.3 is 0 Å². The van der Waals surface area contributed by atoms with E-state index in [1.54, 1.807) is 24.3 Å². The molecule has 2 heterocycles. The molecule has 1 aromatic carbocycles. The number of carbonyl (C=O) groups excluding carboxylic acids is 2. The van der Waals surface area contributed by atoms with Crippen LogP contribution in [0, 0.1) is 5.92 Å². The van der Waals surface area contributed by atoms with Gasteiger partial charge in [-0.15, -0.1) is 0 Å². The van der Waals surface area contributed by atoms with Crippen molar-refractivity contribution in [3.8, 4) is 0 Å². The highest BCUT2D eigenvalue weighted by Gasteiger charge is 2.33. The summed E-state index contributed by atoms with van der Waals surface area (Å²) in [6.45, 7) is 0.525. The van der Waals surface area contributed by atoms with Crippen molar-refractivity contribution in [1.82, 2.24) is 9.62 Å². The summed E-state index contributed by atoms with van der Waals surface area (Å²) in [7, 11) is -3.88. The number of nitrogens with zero attached hydrogens (tertiary/aromatic N) is 1. The van der Waals surface area contributed by atoms with Gasteiger partial charge in [0.2, 0.25) is 11.0 Å². The van der Waals surface area contributed by atoms with E-state index in [2.05, 4.69) is 5.32 Å². The van der Waals surface area contributed by atoms with E-state index in [1.165, 1.54) is 16.4 Å². The molecule has 8 nitrogen and oxygen atoms in total. The minimum atomic E-state index is -3.88. The Balaban J connectivity index is 1.65. The summed E-state index contributed by atoms with van der Waals surface area (Å²) in [6.07, 6.45) is 0.723. The molecule has 0 radical (unpaired) electrons. The van der Waals surface area contributed by atoms with Gasteiger partial charge in [-0.05, 0) is 36.6 Å². The SMILES string of the molecule is NC(=O)C1CCN(S(=O)(=O)c2ccc(C(=O)NCc3ccccc3Cl)o2)CC1. The minimum absolute atomic E-state index is 0.113. The van der Waals surface area contributed by atoms with Gasteiger partial charge in [0, 0.05) is 30.6 Å². The molecule has 1 aliphatic heterocycles. The number of amides is 2. The molecule has 3 rings (SSSR count). The fourth-order valence-corrected chi connectivity index (χ4v) is 4.58. The molecule has 0 saturated carbocycles. The van der Waals surface area contributed by atoms with Crippen molar-refractivity contribution in [2.45, 2.75) is 24.5 Å². The topological polar surface area (TPSA) is 123 Å². The lowest BCUT2D eigenvalue weighted by molar-refractivity contribution is -0.122. The molecule has 3 N–H and O–H groups in total. The van der Waals surface area contributed by atoms with E-state index in [-0.39, 0.29) is 36.4 Å². The molecule has 2 amide bonds. The van der Waals surface area contributed by atoms with Crippen LogP contribution in [0.1, 0.15) is 29.0 Å². The lowest BCUT2D eigenvalue weighted by Crippen LogP contribution is -2.41. The molecular weight excluding hydrogens is 406 g/mol. The van der Waals surface area contributed by atoms with E-state index in [0.29, 0.717) is 17.9 Å². The molecule has 1 saturated heterocycles. The second-order valence-corrected chi connectivity index (χ2v) is 8.75. The summed E-state index contributed by atoms with van der Waals surface area (Å²) >= 11 is 6.04. The molecule has 0 atom stereocenters. The first kappa shape index (κ1) is 20.4. The zero-order valence-corrected chi connectivity index (χ0v) is 16.5. The summed E-state index contributed by atoms with van der Waals surface area (Å²) in [5.41, 5.74) is 6.00. The maximum absolute atomic E-state index is 12.7. The van der Waals surface area contributed by atoms with Gasteiger partial charge in [-0.25, -0.2) is 8.42 Å². The number of nitrogens with one attached hydrogen (secondary N) is 1. The van der Waals surface area contributed by atoms with Gasteiger partial charge in [-0.2, -0.15) is 4.31 Å². The van der Waals surface area contributed by atoms with Crippen LogP contribution in [-0.4, -0.2) is 37.6 Å². The Morgan fingerprint density at radius 3 is 2.50 bits per heavy atom. The molecule has 0 bridgehead atoms. The Labute approximate surface area is 167 Å². The van der Waals surface area contributed by atoms with Crippen molar-refractivity contribution in [1.29, 1.82) is 0 Å². The molecule has 1 aliphatic rings. The predicted octanol–water partition coefficient (Wildman–Crippen LogP) is 1.75. The van der Waals surface area contributed by atoms with Gasteiger partial charge in [-0.1, -0.05) is 29.8 Å². The van der Waals surface area contributed by atoms with Crippen molar-refractivity contribution in [2.75, 3.05) is 13.1 Å². The Hall–Kier alpha value is -2.36. The fourth-order valence-electron chi connectivity index (χ4n) is 2.99. The van der Waals surface area contributed by atoms with Gasteiger partial charge in [0.1, 0.15) is 0 Å². The number of piperidine rings is 1. The first-order valence-corrected chi connectivity index (χ1v) is 10.5. The largest absolute Gasteiger partial charge is 0.438 e. The Kier molecular flexibility index (Phi) is 6.07. The van der Waals surface area contributed by atoms with Crippen LogP contribution in [0.3, 0.4) is 0 Å². The third kappa shape index (κ3) is 4.37. The molecule has 28 heavy (non-hydrogen) atoms. The van der Waals surface area contributed by atoms with Crippen LogP contribution < -0.4 is 11.1 Å². The van der Waals surface area contributed by atoms with E-state index < -0.39 is 21.8 Å². The van der Waals surface area contributed by atoms with E-state index >= 15 is 0 Å². The van der Waals surface area contributed by atoms with Gasteiger partial charge in [0.15, 0.2) is 5.76 Å². The average Bonchev–Trinajstić information content (AvgIpc) is 3.18. The Morgan fingerprint density at radius 2 is 1.86 bits per heavy atom. The van der Waals surface area contributed by atoms with Crippen LogP contribution >= 0.6 is 11.6 Å². The van der Waals surface area contributed by atoms with Crippen molar-refractivity contribution >= 4 is 33.4 Å². The van der Waals surface area contributed by atoms with E-state index in [1.807, 2.05) is 0 Å². The van der Waals surface area contributed by atoms with Gasteiger partial charge in [-0.3, -0.25) is 9.59 Å². The number of hydrogen-bond acceptors (Lipinski definition) is 5. The lowest BCUT2D eigenvalue weighted by Gasteiger charge is -2.28. The molecule has 2 aromatic rings.